The summed E-state index contributed by atoms with van der Waals surface area (Å²) < 4.78 is 4.93. The molecular weight excluding hydrogens is 410 g/mol. The second-order valence-electron chi connectivity index (χ2n) is 7.79. The topological polar surface area (TPSA) is 118 Å². The number of nitrogens with zero attached hydrogens (tertiary/aromatic N) is 1. The minimum atomic E-state index is -1.16. The second kappa shape index (κ2) is 12.6. The van der Waals surface area contributed by atoms with Gasteiger partial charge in [0.05, 0.1) is 25.2 Å². The summed E-state index contributed by atoms with van der Waals surface area (Å²) in [5, 5.41) is 16.2. The molecule has 32 heavy (non-hydrogen) atoms. The van der Waals surface area contributed by atoms with E-state index >= 15 is 0 Å². The molecule has 3 N–H and O–H groups in total. The van der Waals surface area contributed by atoms with Gasteiger partial charge in [-0.2, -0.15) is 0 Å². The Hall–Kier alpha value is -3.26. The first-order valence-corrected chi connectivity index (χ1v) is 10.7. The van der Waals surface area contributed by atoms with Crippen molar-refractivity contribution in [1.82, 2.24) is 15.6 Å². The lowest BCUT2D eigenvalue weighted by Gasteiger charge is -2.28. The highest BCUT2D eigenvalue weighted by molar-refractivity contribution is 5.96. The Morgan fingerprint density at radius 2 is 1.72 bits per heavy atom. The van der Waals surface area contributed by atoms with Crippen LogP contribution in [-0.2, 0) is 20.7 Å². The normalized spacial score (nSPS) is 13.7. The van der Waals surface area contributed by atoms with Crippen LogP contribution in [0.3, 0.4) is 0 Å². The van der Waals surface area contributed by atoms with E-state index in [-0.39, 0.29) is 24.6 Å². The summed E-state index contributed by atoms with van der Waals surface area (Å²) >= 11 is 0. The summed E-state index contributed by atoms with van der Waals surface area (Å²) in [7, 11) is 0. The number of esters is 1. The number of carbonyl (C=O) groups is 3. The van der Waals surface area contributed by atoms with Gasteiger partial charge in [-0.25, -0.2) is 0 Å². The number of benzene rings is 1. The molecule has 0 aliphatic rings. The van der Waals surface area contributed by atoms with Crippen LogP contribution < -0.4 is 10.6 Å². The summed E-state index contributed by atoms with van der Waals surface area (Å²) in [6, 6.07) is 12.7. The van der Waals surface area contributed by atoms with Gasteiger partial charge in [0, 0.05) is 6.20 Å². The maximum atomic E-state index is 13.1. The Labute approximate surface area is 188 Å². The summed E-state index contributed by atoms with van der Waals surface area (Å²) in [5.74, 6) is -1.68. The minimum absolute atomic E-state index is 0.203. The first-order chi connectivity index (χ1) is 15.3. The van der Waals surface area contributed by atoms with Gasteiger partial charge in [-0.3, -0.25) is 19.4 Å². The number of hydrogen-bond acceptors (Lipinski definition) is 6. The van der Waals surface area contributed by atoms with Gasteiger partial charge in [0.15, 0.2) is 0 Å². The molecule has 0 fully saturated rings. The van der Waals surface area contributed by atoms with Crippen LogP contribution in [0.15, 0.2) is 54.7 Å². The van der Waals surface area contributed by atoms with Gasteiger partial charge in [-0.15, -0.1) is 0 Å². The number of aliphatic hydroxyl groups excluding tert-OH is 1. The Bertz CT molecular complexity index is 874. The second-order valence-corrected chi connectivity index (χ2v) is 7.79. The Kier molecular flexibility index (Phi) is 9.81. The minimum Gasteiger partial charge on any atom is -0.466 e. The molecule has 0 aliphatic heterocycles. The Balaban J connectivity index is 2.15. The van der Waals surface area contributed by atoms with Gasteiger partial charge < -0.3 is 20.5 Å². The van der Waals surface area contributed by atoms with Gasteiger partial charge in [0.2, 0.25) is 5.91 Å². The largest absolute Gasteiger partial charge is 0.466 e. The van der Waals surface area contributed by atoms with Crippen molar-refractivity contribution in [3.8, 4) is 0 Å². The number of pyridine rings is 1. The molecule has 2 aromatic rings. The maximum Gasteiger partial charge on any atom is 0.308 e. The monoisotopic (exact) mass is 441 g/mol. The van der Waals surface area contributed by atoms with Crippen molar-refractivity contribution in [2.24, 2.45) is 5.92 Å². The SMILES string of the molecule is CCOC(=O)C[C@H](O)[C@H](Cc1ccccc1)NC(=O)[C@@H](NC(=O)c1ccccn1)C(C)C. The van der Waals surface area contributed by atoms with Crippen LogP contribution in [0.2, 0.25) is 0 Å². The number of aliphatic hydroxyl groups is 1. The third-order valence-electron chi connectivity index (χ3n) is 4.90. The van der Waals surface area contributed by atoms with E-state index in [1.165, 1.54) is 6.20 Å². The summed E-state index contributed by atoms with van der Waals surface area (Å²) in [6.07, 6.45) is 0.406. The average Bonchev–Trinajstić information content (AvgIpc) is 2.77. The van der Waals surface area contributed by atoms with E-state index in [2.05, 4.69) is 15.6 Å². The predicted molar refractivity (Wildman–Crippen MR) is 120 cm³/mol. The third kappa shape index (κ3) is 7.77. The van der Waals surface area contributed by atoms with Crippen molar-refractivity contribution in [2.75, 3.05) is 6.61 Å². The van der Waals surface area contributed by atoms with E-state index < -0.39 is 36.0 Å². The number of amides is 2. The van der Waals surface area contributed by atoms with Crippen molar-refractivity contribution in [3.63, 3.8) is 0 Å². The van der Waals surface area contributed by atoms with E-state index in [4.69, 9.17) is 4.74 Å². The molecule has 172 valence electrons. The summed E-state index contributed by atoms with van der Waals surface area (Å²) in [4.78, 5) is 41.5. The molecule has 0 unspecified atom stereocenters. The van der Waals surface area contributed by atoms with Crippen molar-refractivity contribution in [2.45, 2.75) is 51.8 Å². The highest BCUT2D eigenvalue weighted by Gasteiger charge is 2.30. The van der Waals surface area contributed by atoms with E-state index in [1.807, 2.05) is 44.2 Å². The zero-order valence-electron chi connectivity index (χ0n) is 18.7. The number of carbonyl (C=O) groups excluding carboxylic acids is 3. The zero-order valence-corrected chi connectivity index (χ0v) is 18.7. The molecule has 0 spiro atoms. The molecule has 8 nitrogen and oxygen atoms in total. The van der Waals surface area contributed by atoms with Crippen molar-refractivity contribution >= 4 is 17.8 Å². The molecular formula is C24H31N3O5. The van der Waals surface area contributed by atoms with E-state index in [9.17, 15) is 19.5 Å². The van der Waals surface area contributed by atoms with Crippen LogP contribution in [0.25, 0.3) is 0 Å². The zero-order chi connectivity index (χ0) is 23.5. The molecule has 0 bridgehead atoms. The molecule has 3 atom stereocenters. The van der Waals surface area contributed by atoms with E-state index in [1.54, 1.807) is 25.1 Å². The summed E-state index contributed by atoms with van der Waals surface area (Å²) in [6.45, 7) is 5.51. The Morgan fingerprint density at radius 1 is 1.03 bits per heavy atom. The van der Waals surface area contributed by atoms with Gasteiger partial charge in [-0.05, 0) is 37.0 Å². The third-order valence-corrected chi connectivity index (χ3v) is 4.90. The van der Waals surface area contributed by atoms with E-state index in [0.717, 1.165) is 5.56 Å². The fourth-order valence-corrected chi connectivity index (χ4v) is 3.20. The molecule has 0 radical (unpaired) electrons. The van der Waals surface area contributed by atoms with Crippen molar-refractivity contribution in [3.05, 3.63) is 66.0 Å². The first kappa shape index (κ1) is 25.0. The molecule has 1 aromatic carbocycles. The fraction of sp³-hybridized carbons (Fsp3) is 0.417. The number of aromatic nitrogens is 1. The van der Waals surface area contributed by atoms with Crippen LogP contribution in [-0.4, -0.2) is 52.7 Å². The van der Waals surface area contributed by atoms with Crippen LogP contribution >= 0.6 is 0 Å². The molecule has 1 heterocycles. The number of hydrogen-bond donors (Lipinski definition) is 3. The fourth-order valence-electron chi connectivity index (χ4n) is 3.20. The maximum absolute atomic E-state index is 13.1. The highest BCUT2D eigenvalue weighted by atomic mass is 16.5. The predicted octanol–water partition coefficient (Wildman–Crippen LogP) is 1.88. The molecule has 0 saturated carbocycles. The molecule has 0 saturated heterocycles. The van der Waals surface area contributed by atoms with Crippen molar-refractivity contribution < 1.29 is 24.2 Å². The first-order valence-electron chi connectivity index (χ1n) is 10.7. The van der Waals surface area contributed by atoms with Crippen LogP contribution in [0, 0.1) is 5.92 Å². The standard InChI is InChI=1S/C24H31N3O5/c1-4-32-21(29)15-20(28)19(14-17-10-6-5-7-11-17)26-24(31)22(16(2)3)27-23(30)18-12-8-9-13-25-18/h5-13,16,19-20,22,28H,4,14-15H2,1-3H3,(H,26,31)(H,27,30)/t19-,20-,22-/m0/s1. The van der Waals surface area contributed by atoms with E-state index in [0.29, 0.717) is 6.42 Å². The highest BCUT2D eigenvalue weighted by Crippen LogP contribution is 2.12. The molecule has 8 heteroatoms. The number of nitrogens with one attached hydrogen (secondary N) is 2. The molecule has 2 rings (SSSR count). The number of ether oxygens (including phenoxy) is 1. The van der Waals surface area contributed by atoms with Gasteiger partial charge in [0.25, 0.3) is 5.91 Å². The molecule has 1 aromatic heterocycles. The van der Waals surface area contributed by atoms with Gasteiger partial charge in [-0.1, -0.05) is 50.2 Å². The van der Waals surface area contributed by atoms with Crippen molar-refractivity contribution in [1.29, 1.82) is 0 Å². The summed E-state index contributed by atoms with van der Waals surface area (Å²) in [5.41, 5.74) is 1.09. The van der Waals surface area contributed by atoms with Crippen LogP contribution in [0.5, 0.6) is 0 Å². The lowest BCUT2D eigenvalue weighted by atomic mass is 9.97. The smallest absolute Gasteiger partial charge is 0.308 e. The lowest BCUT2D eigenvalue weighted by Crippen LogP contribution is -2.55. The average molecular weight is 442 g/mol. The van der Waals surface area contributed by atoms with Crippen LogP contribution in [0.1, 0.15) is 43.2 Å². The Morgan fingerprint density at radius 3 is 2.31 bits per heavy atom. The molecule has 0 aliphatic carbocycles. The van der Waals surface area contributed by atoms with Crippen LogP contribution in [0.4, 0.5) is 0 Å². The molecule has 2 amide bonds. The number of rotatable bonds is 11. The lowest BCUT2D eigenvalue weighted by molar-refractivity contribution is -0.146. The van der Waals surface area contributed by atoms with Gasteiger partial charge >= 0.3 is 5.97 Å². The van der Waals surface area contributed by atoms with Gasteiger partial charge in [0.1, 0.15) is 11.7 Å². The quantitative estimate of drug-likeness (QED) is 0.458.